The fourth-order valence-electron chi connectivity index (χ4n) is 2.71. The number of fused-ring (bicyclic) bond motifs is 1. The Hall–Kier alpha value is -3.36. The first-order valence-corrected chi connectivity index (χ1v) is 8.86. The lowest BCUT2D eigenvalue weighted by molar-refractivity contribution is 0.410. The van der Waals surface area contributed by atoms with Crippen LogP contribution in [0.15, 0.2) is 64.4 Å². The van der Waals surface area contributed by atoms with E-state index >= 15 is 0 Å². The number of para-hydroxylation sites is 1. The Bertz CT molecular complexity index is 1130. The number of hydrogen-bond acceptors (Lipinski definition) is 5. The molecule has 4 aromatic rings. The predicted molar refractivity (Wildman–Crippen MR) is 104 cm³/mol. The summed E-state index contributed by atoms with van der Waals surface area (Å²) < 4.78 is 11.2. The first-order valence-electron chi connectivity index (χ1n) is 7.98. The summed E-state index contributed by atoms with van der Waals surface area (Å²) in [5.41, 5.74) is 3.02. The van der Waals surface area contributed by atoms with E-state index in [1.165, 1.54) is 11.3 Å². The molecule has 4 rings (SSSR count). The second-order valence-corrected chi connectivity index (χ2v) is 6.46. The van der Waals surface area contributed by atoms with Crippen molar-refractivity contribution in [3.8, 4) is 23.1 Å². The lowest BCUT2D eigenvalue weighted by Crippen LogP contribution is -1.82. The number of furan rings is 1. The van der Waals surface area contributed by atoms with Crippen molar-refractivity contribution in [1.29, 1.82) is 5.26 Å². The quantitative estimate of drug-likeness (QED) is 0.444. The van der Waals surface area contributed by atoms with Crippen molar-refractivity contribution in [2.75, 3.05) is 7.11 Å². The minimum atomic E-state index is 0.468. The standard InChI is InChI=1S/C21H14N2O2S/c1-24-19-9-5-8-15-10-17(25-20(15)19)11-16(12-22)21-23-18(13-26-21)14-6-3-2-4-7-14/h2-11,13H,1H3/b16-11+. The first-order chi connectivity index (χ1) is 12.8. The molecular weight excluding hydrogens is 344 g/mol. The van der Waals surface area contributed by atoms with Crippen LogP contribution in [0.1, 0.15) is 10.8 Å². The van der Waals surface area contributed by atoms with Gasteiger partial charge >= 0.3 is 0 Å². The highest BCUT2D eigenvalue weighted by Crippen LogP contribution is 2.31. The monoisotopic (exact) mass is 358 g/mol. The average Bonchev–Trinajstić information content (AvgIpc) is 3.33. The molecule has 0 unspecified atom stereocenters. The largest absolute Gasteiger partial charge is 0.493 e. The maximum Gasteiger partial charge on any atom is 0.176 e. The molecule has 126 valence electrons. The van der Waals surface area contributed by atoms with Crippen LogP contribution in [-0.4, -0.2) is 12.1 Å². The molecule has 0 spiro atoms. The normalized spacial score (nSPS) is 11.5. The molecular formula is C21H14N2O2S. The van der Waals surface area contributed by atoms with E-state index in [4.69, 9.17) is 9.15 Å². The summed E-state index contributed by atoms with van der Waals surface area (Å²) in [4.78, 5) is 4.60. The van der Waals surface area contributed by atoms with Gasteiger partial charge in [0.1, 0.15) is 16.8 Å². The molecule has 4 nitrogen and oxygen atoms in total. The number of ether oxygens (including phenoxy) is 1. The van der Waals surface area contributed by atoms with E-state index < -0.39 is 0 Å². The molecule has 0 saturated heterocycles. The molecule has 0 N–H and O–H groups in total. The van der Waals surface area contributed by atoms with Gasteiger partial charge in [-0.15, -0.1) is 11.3 Å². The molecule has 2 heterocycles. The Morgan fingerprint density at radius 3 is 2.81 bits per heavy atom. The van der Waals surface area contributed by atoms with Crippen molar-refractivity contribution in [3.05, 3.63) is 70.7 Å². The lowest BCUT2D eigenvalue weighted by atomic mass is 10.2. The topological polar surface area (TPSA) is 59.0 Å². The number of thiazole rings is 1. The fourth-order valence-corrected chi connectivity index (χ4v) is 3.51. The molecule has 0 bridgehead atoms. The van der Waals surface area contributed by atoms with Gasteiger partial charge in [-0.05, 0) is 12.1 Å². The third-order valence-electron chi connectivity index (χ3n) is 3.96. The number of methoxy groups -OCH3 is 1. The third kappa shape index (κ3) is 2.99. The van der Waals surface area contributed by atoms with Crippen molar-refractivity contribution < 1.29 is 9.15 Å². The van der Waals surface area contributed by atoms with E-state index in [0.29, 0.717) is 27.7 Å². The van der Waals surface area contributed by atoms with Gasteiger partial charge in [0.15, 0.2) is 11.3 Å². The van der Waals surface area contributed by atoms with E-state index in [-0.39, 0.29) is 0 Å². The molecule has 0 aliphatic carbocycles. The molecule has 2 aromatic carbocycles. The van der Waals surface area contributed by atoms with Crippen molar-refractivity contribution in [2.24, 2.45) is 0 Å². The number of rotatable bonds is 4. The van der Waals surface area contributed by atoms with Crippen LogP contribution in [0.2, 0.25) is 0 Å². The Balaban J connectivity index is 1.72. The van der Waals surface area contributed by atoms with Crippen LogP contribution in [-0.2, 0) is 0 Å². The van der Waals surface area contributed by atoms with Crippen LogP contribution < -0.4 is 4.74 Å². The summed E-state index contributed by atoms with van der Waals surface area (Å²) in [5, 5.41) is 13.1. The van der Waals surface area contributed by atoms with Crippen LogP contribution in [0.4, 0.5) is 0 Å². The molecule has 0 fully saturated rings. The zero-order chi connectivity index (χ0) is 17.9. The average molecular weight is 358 g/mol. The molecule has 0 aliphatic heterocycles. The molecule has 0 aliphatic rings. The Morgan fingerprint density at radius 1 is 1.19 bits per heavy atom. The Labute approximate surface area is 154 Å². The van der Waals surface area contributed by atoms with Crippen LogP contribution in [0.3, 0.4) is 0 Å². The Morgan fingerprint density at radius 2 is 2.04 bits per heavy atom. The fraction of sp³-hybridized carbons (Fsp3) is 0.0476. The number of nitrogens with zero attached hydrogens (tertiary/aromatic N) is 2. The van der Waals surface area contributed by atoms with Gasteiger partial charge in [-0.2, -0.15) is 5.26 Å². The summed E-state index contributed by atoms with van der Waals surface area (Å²) in [6.45, 7) is 0. The van der Waals surface area contributed by atoms with E-state index in [0.717, 1.165) is 16.6 Å². The number of benzene rings is 2. The summed E-state index contributed by atoms with van der Waals surface area (Å²) in [6, 6.07) is 19.7. The number of aromatic nitrogens is 1. The van der Waals surface area contributed by atoms with Gasteiger partial charge in [0.2, 0.25) is 0 Å². The van der Waals surface area contributed by atoms with E-state index in [2.05, 4.69) is 11.1 Å². The molecule has 26 heavy (non-hydrogen) atoms. The summed E-state index contributed by atoms with van der Waals surface area (Å²) in [5.74, 6) is 1.26. The maximum atomic E-state index is 9.58. The maximum absolute atomic E-state index is 9.58. The van der Waals surface area contributed by atoms with E-state index in [1.54, 1.807) is 13.2 Å². The summed E-state index contributed by atoms with van der Waals surface area (Å²) >= 11 is 1.44. The van der Waals surface area contributed by atoms with Crippen LogP contribution in [0.5, 0.6) is 5.75 Å². The minimum absolute atomic E-state index is 0.468. The van der Waals surface area contributed by atoms with Gasteiger partial charge in [-0.25, -0.2) is 4.98 Å². The van der Waals surface area contributed by atoms with Crippen molar-refractivity contribution in [3.63, 3.8) is 0 Å². The predicted octanol–water partition coefficient (Wildman–Crippen LogP) is 5.63. The van der Waals surface area contributed by atoms with Gasteiger partial charge in [0.25, 0.3) is 0 Å². The molecule has 5 heteroatoms. The molecule has 2 aromatic heterocycles. The van der Waals surface area contributed by atoms with Crippen molar-refractivity contribution in [1.82, 2.24) is 4.98 Å². The minimum Gasteiger partial charge on any atom is -0.493 e. The highest BCUT2D eigenvalue weighted by Gasteiger charge is 2.12. The number of nitriles is 1. The van der Waals surface area contributed by atoms with Gasteiger partial charge in [-0.3, -0.25) is 0 Å². The summed E-state index contributed by atoms with van der Waals surface area (Å²) in [6.07, 6.45) is 1.72. The van der Waals surface area contributed by atoms with Crippen LogP contribution >= 0.6 is 11.3 Å². The van der Waals surface area contributed by atoms with Gasteiger partial charge in [0, 0.05) is 22.4 Å². The molecule has 0 radical (unpaired) electrons. The second-order valence-electron chi connectivity index (χ2n) is 5.60. The number of hydrogen-bond donors (Lipinski definition) is 0. The Kier molecular flexibility index (Phi) is 4.26. The van der Waals surface area contributed by atoms with Gasteiger partial charge < -0.3 is 9.15 Å². The van der Waals surface area contributed by atoms with Crippen LogP contribution in [0.25, 0.3) is 33.9 Å². The summed E-state index contributed by atoms with van der Waals surface area (Å²) in [7, 11) is 1.61. The highest BCUT2D eigenvalue weighted by atomic mass is 32.1. The van der Waals surface area contributed by atoms with E-state index in [9.17, 15) is 5.26 Å². The number of allylic oxidation sites excluding steroid dienone is 1. The highest BCUT2D eigenvalue weighted by molar-refractivity contribution is 7.11. The van der Waals surface area contributed by atoms with Crippen molar-refractivity contribution in [2.45, 2.75) is 0 Å². The SMILES string of the molecule is COc1cccc2cc(/C=C(\C#N)c3nc(-c4ccccc4)cs3)oc12. The second kappa shape index (κ2) is 6.87. The third-order valence-corrected chi connectivity index (χ3v) is 4.83. The van der Waals surface area contributed by atoms with Crippen molar-refractivity contribution >= 4 is 34.0 Å². The molecule has 0 amide bonds. The zero-order valence-corrected chi connectivity index (χ0v) is 14.8. The first kappa shape index (κ1) is 16.1. The zero-order valence-electron chi connectivity index (χ0n) is 14.0. The van der Waals surface area contributed by atoms with E-state index in [1.807, 2.05) is 60.0 Å². The molecule has 0 saturated carbocycles. The van der Waals surface area contributed by atoms with Crippen LogP contribution in [0, 0.1) is 11.3 Å². The smallest absolute Gasteiger partial charge is 0.176 e. The molecule has 0 atom stereocenters. The van der Waals surface area contributed by atoms with Gasteiger partial charge in [0.05, 0.1) is 18.4 Å². The lowest BCUT2D eigenvalue weighted by Gasteiger charge is -1.98. The van der Waals surface area contributed by atoms with Gasteiger partial charge in [-0.1, -0.05) is 42.5 Å².